The summed E-state index contributed by atoms with van der Waals surface area (Å²) >= 11 is 0. The maximum Gasteiger partial charge on any atom is 0.244 e. The first-order chi connectivity index (χ1) is 15.0. The summed E-state index contributed by atoms with van der Waals surface area (Å²) in [6, 6.07) is 12.1. The normalized spacial score (nSPS) is 18.2. The van der Waals surface area contributed by atoms with Crippen LogP contribution in [0.2, 0.25) is 0 Å². The zero-order valence-corrected chi connectivity index (χ0v) is 20.6. The van der Waals surface area contributed by atoms with Crippen molar-refractivity contribution in [3.8, 4) is 5.75 Å². The standard InChI is InChI=1S/C25H34N2O4S/c1-7-25(8-2)16-22(21-11-9-10-12-23(21)31-25)26-24(28)19(5)27(32(6,29)30)20-14-17(3)13-18(4)15-20/h9-15,19,22H,7-8,16H2,1-6H3,(H,26,28)/t19-,22-/m0/s1. The highest BCUT2D eigenvalue weighted by molar-refractivity contribution is 7.92. The molecule has 3 rings (SSSR count). The fourth-order valence-electron chi connectivity index (χ4n) is 4.61. The summed E-state index contributed by atoms with van der Waals surface area (Å²) < 4.78 is 33.0. The van der Waals surface area contributed by atoms with Gasteiger partial charge in [0.05, 0.1) is 18.0 Å². The van der Waals surface area contributed by atoms with Crippen molar-refractivity contribution >= 4 is 21.6 Å². The number of anilines is 1. The predicted octanol–water partition coefficient (Wildman–Crippen LogP) is 4.66. The summed E-state index contributed by atoms with van der Waals surface area (Å²) in [5.41, 5.74) is 2.93. The molecule has 1 amide bonds. The van der Waals surface area contributed by atoms with Crippen LogP contribution in [0.25, 0.3) is 0 Å². The first-order valence-electron chi connectivity index (χ1n) is 11.2. The third-order valence-corrected chi connectivity index (χ3v) is 7.59. The molecule has 174 valence electrons. The summed E-state index contributed by atoms with van der Waals surface area (Å²) in [5.74, 6) is 0.437. The fourth-order valence-corrected chi connectivity index (χ4v) is 5.77. The van der Waals surface area contributed by atoms with E-state index in [1.165, 1.54) is 4.31 Å². The Hall–Kier alpha value is -2.54. The van der Waals surface area contributed by atoms with Crippen LogP contribution in [0, 0.1) is 13.8 Å². The minimum atomic E-state index is -3.68. The first-order valence-corrected chi connectivity index (χ1v) is 13.0. The molecule has 7 heteroatoms. The average Bonchev–Trinajstić information content (AvgIpc) is 2.71. The largest absolute Gasteiger partial charge is 0.487 e. The van der Waals surface area contributed by atoms with Crippen LogP contribution < -0.4 is 14.4 Å². The van der Waals surface area contributed by atoms with Gasteiger partial charge in [0, 0.05) is 12.0 Å². The number of benzene rings is 2. The molecule has 1 heterocycles. The molecule has 6 nitrogen and oxygen atoms in total. The number of nitrogens with one attached hydrogen (secondary N) is 1. The Morgan fingerprint density at radius 2 is 1.75 bits per heavy atom. The van der Waals surface area contributed by atoms with Crippen LogP contribution in [0.3, 0.4) is 0 Å². The topological polar surface area (TPSA) is 75.7 Å². The van der Waals surface area contributed by atoms with Crippen LogP contribution in [0.1, 0.15) is 62.8 Å². The van der Waals surface area contributed by atoms with Crippen LogP contribution in [0.15, 0.2) is 42.5 Å². The smallest absolute Gasteiger partial charge is 0.244 e. The second kappa shape index (κ2) is 9.14. The van der Waals surface area contributed by atoms with Crippen molar-refractivity contribution in [2.45, 2.75) is 71.6 Å². The van der Waals surface area contributed by atoms with Gasteiger partial charge in [-0.1, -0.05) is 38.1 Å². The Morgan fingerprint density at radius 1 is 1.16 bits per heavy atom. The Balaban J connectivity index is 1.93. The number of hydrogen-bond donors (Lipinski definition) is 1. The van der Waals surface area contributed by atoms with Gasteiger partial charge in [0.1, 0.15) is 17.4 Å². The molecule has 0 saturated carbocycles. The molecule has 1 aliphatic rings. The lowest BCUT2D eigenvalue weighted by molar-refractivity contribution is -0.123. The van der Waals surface area contributed by atoms with E-state index in [1.54, 1.807) is 19.1 Å². The Morgan fingerprint density at radius 3 is 2.31 bits per heavy atom. The van der Waals surface area contributed by atoms with E-state index >= 15 is 0 Å². The molecule has 32 heavy (non-hydrogen) atoms. The molecule has 0 bridgehead atoms. The monoisotopic (exact) mass is 458 g/mol. The summed E-state index contributed by atoms with van der Waals surface area (Å²) in [5, 5.41) is 3.12. The summed E-state index contributed by atoms with van der Waals surface area (Å²) in [7, 11) is -3.68. The van der Waals surface area contributed by atoms with Crippen LogP contribution in [-0.2, 0) is 14.8 Å². The Bertz CT molecular complexity index is 1070. The van der Waals surface area contributed by atoms with Gasteiger partial charge in [-0.05, 0) is 62.9 Å². The van der Waals surface area contributed by atoms with Gasteiger partial charge in [0.25, 0.3) is 0 Å². The van der Waals surface area contributed by atoms with E-state index in [0.29, 0.717) is 12.1 Å². The molecule has 0 aliphatic carbocycles. The van der Waals surface area contributed by atoms with Gasteiger partial charge in [0.15, 0.2) is 0 Å². The van der Waals surface area contributed by atoms with Gasteiger partial charge >= 0.3 is 0 Å². The van der Waals surface area contributed by atoms with Crippen molar-refractivity contribution in [2.75, 3.05) is 10.6 Å². The molecule has 0 unspecified atom stereocenters. The molecule has 0 fully saturated rings. The molecule has 2 atom stereocenters. The quantitative estimate of drug-likeness (QED) is 0.655. The number of ether oxygens (including phenoxy) is 1. The SMILES string of the molecule is CCC1(CC)C[C@H](NC(=O)[C@H](C)N(c2cc(C)cc(C)c2)S(C)(=O)=O)c2ccccc2O1. The third kappa shape index (κ3) is 4.93. The maximum atomic E-state index is 13.4. The van der Waals surface area contributed by atoms with Gasteiger partial charge in [-0.25, -0.2) is 8.42 Å². The van der Waals surface area contributed by atoms with Gasteiger partial charge in [0.2, 0.25) is 15.9 Å². The highest BCUT2D eigenvalue weighted by atomic mass is 32.2. The fraction of sp³-hybridized carbons (Fsp3) is 0.480. The molecule has 0 radical (unpaired) electrons. The second-order valence-electron chi connectivity index (χ2n) is 8.88. The van der Waals surface area contributed by atoms with E-state index in [2.05, 4.69) is 19.2 Å². The average molecular weight is 459 g/mol. The number of aryl methyl sites for hydroxylation is 2. The van der Waals surface area contributed by atoms with Gasteiger partial charge in [-0.2, -0.15) is 0 Å². The van der Waals surface area contributed by atoms with Crippen LogP contribution in [0.4, 0.5) is 5.69 Å². The predicted molar refractivity (Wildman–Crippen MR) is 129 cm³/mol. The van der Waals surface area contributed by atoms with E-state index in [-0.39, 0.29) is 17.6 Å². The molecule has 0 aromatic heterocycles. The lowest BCUT2D eigenvalue weighted by atomic mass is 9.83. The second-order valence-corrected chi connectivity index (χ2v) is 10.7. The zero-order valence-electron chi connectivity index (χ0n) is 19.8. The van der Waals surface area contributed by atoms with Crippen molar-refractivity contribution in [3.05, 3.63) is 59.2 Å². The molecular weight excluding hydrogens is 424 g/mol. The number of fused-ring (bicyclic) bond motifs is 1. The van der Waals surface area contributed by atoms with Crippen molar-refractivity contribution in [2.24, 2.45) is 0 Å². The maximum absolute atomic E-state index is 13.4. The van der Waals surface area contributed by atoms with Crippen LogP contribution >= 0.6 is 0 Å². The molecular formula is C25H34N2O4S. The minimum Gasteiger partial charge on any atom is -0.487 e. The molecule has 1 N–H and O–H groups in total. The van der Waals surface area contributed by atoms with Crippen molar-refractivity contribution in [1.29, 1.82) is 0 Å². The van der Waals surface area contributed by atoms with Crippen LogP contribution in [-0.4, -0.2) is 32.2 Å². The lowest BCUT2D eigenvalue weighted by Crippen LogP contribution is -2.51. The van der Waals surface area contributed by atoms with E-state index in [9.17, 15) is 13.2 Å². The summed E-state index contributed by atoms with van der Waals surface area (Å²) in [4.78, 5) is 13.4. The molecule has 2 aromatic carbocycles. The molecule has 1 aliphatic heterocycles. The number of carbonyl (C=O) groups is 1. The minimum absolute atomic E-state index is 0.254. The number of carbonyl (C=O) groups excluding carboxylic acids is 1. The van der Waals surface area contributed by atoms with Gasteiger partial charge in [-0.3, -0.25) is 9.10 Å². The number of amides is 1. The zero-order chi connectivity index (χ0) is 23.7. The number of para-hydroxylation sites is 1. The molecule has 0 saturated heterocycles. The number of rotatable bonds is 7. The third-order valence-electron chi connectivity index (χ3n) is 6.35. The number of nitrogens with zero attached hydrogens (tertiary/aromatic N) is 1. The highest BCUT2D eigenvalue weighted by Gasteiger charge is 2.40. The summed E-state index contributed by atoms with van der Waals surface area (Å²) in [6.07, 6.45) is 3.41. The van der Waals surface area contributed by atoms with E-state index in [0.717, 1.165) is 41.5 Å². The number of hydrogen-bond acceptors (Lipinski definition) is 4. The van der Waals surface area contributed by atoms with Crippen molar-refractivity contribution < 1.29 is 17.9 Å². The van der Waals surface area contributed by atoms with Crippen LogP contribution in [0.5, 0.6) is 5.75 Å². The van der Waals surface area contributed by atoms with Crippen molar-refractivity contribution in [3.63, 3.8) is 0 Å². The Labute approximate surface area is 192 Å². The first kappa shape index (κ1) is 24.1. The van der Waals surface area contributed by atoms with E-state index in [4.69, 9.17) is 4.74 Å². The number of sulfonamides is 1. The van der Waals surface area contributed by atoms with Crippen molar-refractivity contribution in [1.82, 2.24) is 5.32 Å². The van der Waals surface area contributed by atoms with E-state index in [1.807, 2.05) is 44.2 Å². The Kier molecular flexibility index (Phi) is 6.89. The molecule has 0 spiro atoms. The van der Waals surface area contributed by atoms with E-state index < -0.39 is 16.1 Å². The highest BCUT2D eigenvalue weighted by Crippen LogP contribution is 2.42. The van der Waals surface area contributed by atoms with Gasteiger partial charge in [-0.15, -0.1) is 0 Å². The van der Waals surface area contributed by atoms with Gasteiger partial charge < -0.3 is 10.1 Å². The lowest BCUT2D eigenvalue weighted by Gasteiger charge is -2.42. The molecule has 2 aromatic rings. The summed E-state index contributed by atoms with van der Waals surface area (Å²) in [6.45, 7) is 9.63.